The molecule has 0 radical (unpaired) electrons. The van der Waals surface area contributed by atoms with Gasteiger partial charge in [0.2, 0.25) is 0 Å². The SMILES string of the molecule is Cc1cc(CN2CC(S(C)(=O)=O)C2)ccc1F. The number of hydrogen-bond acceptors (Lipinski definition) is 3. The highest BCUT2D eigenvalue weighted by atomic mass is 32.2. The predicted molar refractivity (Wildman–Crippen MR) is 65.0 cm³/mol. The first-order chi connectivity index (χ1) is 7.86. The third kappa shape index (κ3) is 2.84. The van der Waals surface area contributed by atoms with E-state index in [1.54, 1.807) is 13.0 Å². The van der Waals surface area contributed by atoms with Crippen molar-refractivity contribution in [3.05, 3.63) is 35.1 Å². The molecule has 1 aliphatic rings. The Kier molecular flexibility index (Phi) is 3.23. The molecule has 0 unspecified atom stereocenters. The van der Waals surface area contributed by atoms with E-state index in [1.807, 2.05) is 6.07 Å². The van der Waals surface area contributed by atoms with Crippen LogP contribution in [0.15, 0.2) is 18.2 Å². The van der Waals surface area contributed by atoms with Gasteiger partial charge in [-0.3, -0.25) is 4.90 Å². The first-order valence-corrected chi connectivity index (χ1v) is 7.48. The minimum atomic E-state index is -2.91. The van der Waals surface area contributed by atoms with Gasteiger partial charge in [0.1, 0.15) is 5.82 Å². The second kappa shape index (κ2) is 4.38. The molecule has 0 aliphatic carbocycles. The largest absolute Gasteiger partial charge is 0.296 e. The second-order valence-corrected chi connectivity index (χ2v) is 7.05. The van der Waals surface area contributed by atoms with E-state index in [9.17, 15) is 12.8 Å². The lowest BCUT2D eigenvalue weighted by Crippen LogP contribution is -2.53. The van der Waals surface area contributed by atoms with Gasteiger partial charge >= 0.3 is 0 Å². The van der Waals surface area contributed by atoms with Crippen molar-refractivity contribution in [3.63, 3.8) is 0 Å². The molecule has 5 heteroatoms. The number of sulfone groups is 1. The summed E-state index contributed by atoms with van der Waals surface area (Å²) in [5, 5.41) is -0.232. The normalized spacial score (nSPS) is 18.1. The van der Waals surface area contributed by atoms with E-state index < -0.39 is 9.84 Å². The van der Waals surface area contributed by atoms with Crippen molar-refractivity contribution >= 4 is 9.84 Å². The summed E-state index contributed by atoms with van der Waals surface area (Å²) in [5.74, 6) is -0.202. The van der Waals surface area contributed by atoms with Gasteiger partial charge in [-0.15, -0.1) is 0 Å². The van der Waals surface area contributed by atoms with Crippen molar-refractivity contribution in [1.82, 2.24) is 4.90 Å². The fourth-order valence-electron chi connectivity index (χ4n) is 1.99. The van der Waals surface area contributed by atoms with E-state index in [1.165, 1.54) is 12.3 Å². The average Bonchev–Trinajstić information content (AvgIpc) is 2.14. The lowest BCUT2D eigenvalue weighted by Gasteiger charge is -2.38. The number of rotatable bonds is 3. The quantitative estimate of drug-likeness (QED) is 0.820. The molecule has 0 amide bonds. The second-order valence-electron chi connectivity index (χ2n) is 4.73. The number of benzene rings is 1. The summed E-state index contributed by atoms with van der Waals surface area (Å²) in [5.41, 5.74) is 1.65. The van der Waals surface area contributed by atoms with Crippen molar-refractivity contribution in [1.29, 1.82) is 0 Å². The maximum absolute atomic E-state index is 13.1. The Morgan fingerprint density at radius 1 is 1.41 bits per heavy atom. The van der Waals surface area contributed by atoms with Gasteiger partial charge in [-0.2, -0.15) is 0 Å². The fourth-order valence-corrected chi connectivity index (χ4v) is 2.95. The summed E-state index contributed by atoms with van der Waals surface area (Å²) in [6.07, 6.45) is 1.27. The average molecular weight is 257 g/mol. The number of nitrogens with zero attached hydrogens (tertiary/aromatic N) is 1. The van der Waals surface area contributed by atoms with Crippen molar-refractivity contribution in [2.75, 3.05) is 19.3 Å². The standard InChI is InChI=1S/C12H16FNO2S/c1-9-5-10(3-4-12(9)13)6-14-7-11(8-14)17(2,15)16/h3-5,11H,6-8H2,1-2H3. The summed E-state index contributed by atoms with van der Waals surface area (Å²) < 4.78 is 35.5. The summed E-state index contributed by atoms with van der Waals surface area (Å²) >= 11 is 0. The molecule has 0 saturated carbocycles. The Morgan fingerprint density at radius 3 is 2.59 bits per heavy atom. The molecule has 0 bridgehead atoms. The topological polar surface area (TPSA) is 37.4 Å². The van der Waals surface area contributed by atoms with E-state index in [2.05, 4.69) is 4.90 Å². The molecule has 1 aromatic carbocycles. The van der Waals surface area contributed by atoms with E-state index >= 15 is 0 Å². The Morgan fingerprint density at radius 2 is 2.06 bits per heavy atom. The predicted octanol–water partition coefficient (Wildman–Crippen LogP) is 1.36. The van der Waals surface area contributed by atoms with Crippen LogP contribution >= 0.6 is 0 Å². The summed E-state index contributed by atoms with van der Waals surface area (Å²) in [6, 6.07) is 5.01. The Labute approximate surface area is 101 Å². The molecule has 0 spiro atoms. The highest BCUT2D eigenvalue weighted by Gasteiger charge is 2.34. The van der Waals surface area contributed by atoms with E-state index in [-0.39, 0.29) is 11.1 Å². The highest BCUT2D eigenvalue weighted by molar-refractivity contribution is 7.91. The molecular formula is C12H16FNO2S. The maximum Gasteiger partial charge on any atom is 0.152 e. The van der Waals surface area contributed by atoms with Crippen LogP contribution < -0.4 is 0 Å². The summed E-state index contributed by atoms with van der Waals surface area (Å²) in [7, 11) is -2.91. The van der Waals surface area contributed by atoms with Crippen LogP contribution in [-0.4, -0.2) is 37.9 Å². The minimum absolute atomic E-state index is 0.202. The van der Waals surface area contributed by atoms with Gasteiger partial charge in [-0.05, 0) is 24.1 Å². The zero-order chi connectivity index (χ0) is 12.6. The molecule has 17 heavy (non-hydrogen) atoms. The zero-order valence-electron chi connectivity index (χ0n) is 9.98. The molecule has 1 aromatic rings. The minimum Gasteiger partial charge on any atom is -0.296 e. The highest BCUT2D eigenvalue weighted by Crippen LogP contribution is 2.19. The third-order valence-corrected chi connectivity index (χ3v) is 4.67. The van der Waals surface area contributed by atoms with Crippen LogP contribution in [0, 0.1) is 12.7 Å². The summed E-state index contributed by atoms with van der Waals surface area (Å²) in [4.78, 5) is 2.05. The van der Waals surface area contributed by atoms with Crippen molar-refractivity contribution in [2.24, 2.45) is 0 Å². The zero-order valence-corrected chi connectivity index (χ0v) is 10.8. The Bertz CT molecular complexity index is 521. The molecule has 1 heterocycles. The molecular weight excluding hydrogens is 241 g/mol. The number of hydrogen-bond donors (Lipinski definition) is 0. The molecule has 1 fully saturated rings. The van der Waals surface area contributed by atoms with Gasteiger partial charge in [-0.25, -0.2) is 12.8 Å². The van der Waals surface area contributed by atoms with Crippen LogP contribution in [0.3, 0.4) is 0 Å². The van der Waals surface area contributed by atoms with Crippen LogP contribution in [0.5, 0.6) is 0 Å². The number of halogens is 1. The van der Waals surface area contributed by atoms with Gasteiger partial charge < -0.3 is 0 Å². The molecule has 0 N–H and O–H groups in total. The molecule has 1 aliphatic heterocycles. The van der Waals surface area contributed by atoms with Crippen LogP contribution in [-0.2, 0) is 16.4 Å². The summed E-state index contributed by atoms with van der Waals surface area (Å²) in [6.45, 7) is 3.58. The maximum atomic E-state index is 13.1. The van der Waals surface area contributed by atoms with Crippen molar-refractivity contribution in [2.45, 2.75) is 18.7 Å². The number of likely N-dealkylation sites (tertiary alicyclic amines) is 1. The van der Waals surface area contributed by atoms with Gasteiger partial charge in [0.15, 0.2) is 9.84 Å². The van der Waals surface area contributed by atoms with E-state index in [4.69, 9.17) is 0 Å². The van der Waals surface area contributed by atoms with Crippen molar-refractivity contribution in [3.8, 4) is 0 Å². The molecule has 2 rings (SSSR count). The molecule has 0 aromatic heterocycles. The van der Waals surface area contributed by atoms with Gasteiger partial charge in [-0.1, -0.05) is 12.1 Å². The lowest BCUT2D eigenvalue weighted by atomic mass is 10.1. The van der Waals surface area contributed by atoms with Crippen LogP contribution in [0.25, 0.3) is 0 Å². The Balaban J connectivity index is 1.94. The van der Waals surface area contributed by atoms with E-state index in [0.29, 0.717) is 25.2 Å². The first kappa shape index (κ1) is 12.5. The van der Waals surface area contributed by atoms with Crippen LogP contribution in [0.1, 0.15) is 11.1 Å². The van der Waals surface area contributed by atoms with Crippen molar-refractivity contribution < 1.29 is 12.8 Å². The van der Waals surface area contributed by atoms with Gasteiger partial charge in [0, 0.05) is 25.9 Å². The molecule has 94 valence electrons. The smallest absolute Gasteiger partial charge is 0.152 e. The van der Waals surface area contributed by atoms with Crippen LogP contribution in [0.4, 0.5) is 4.39 Å². The van der Waals surface area contributed by atoms with Gasteiger partial charge in [0.05, 0.1) is 5.25 Å². The monoisotopic (exact) mass is 257 g/mol. The van der Waals surface area contributed by atoms with Gasteiger partial charge in [0.25, 0.3) is 0 Å². The molecule has 3 nitrogen and oxygen atoms in total. The molecule has 1 saturated heterocycles. The molecule has 0 atom stereocenters. The van der Waals surface area contributed by atoms with Crippen LogP contribution in [0.2, 0.25) is 0 Å². The van der Waals surface area contributed by atoms with E-state index in [0.717, 1.165) is 5.56 Å². The first-order valence-electron chi connectivity index (χ1n) is 5.52. The number of aryl methyl sites for hydroxylation is 1. The third-order valence-electron chi connectivity index (χ3n) is 3.16. The Hall–Kier alpha value is -0.940. The lowest BCUT2D eigenvalue weighted by molar-refractivity contribution is 0.176. The fraction of sp³-hybridized carbons (Fsp3) is 0.500.